The second-order valence-electron chi connectivity index (χ2n) is 10.2. The molecule has 1 atom stereocenters. The van der Waals surface area contributed by atoms with Crippen LogP contribution in [0.1, 0.15) is 40.2 Å². The van der Waals surface area contributed by atoms with Gasteiger partial charge in [-0.2, -0.15) is 0 Å². The van der Waals surface area contributed by atoms with E-state index in [1.807, 2.05) is 36.4 Å². The second kappa shape index (κ2) is 12.3. The molecule has 0 radical (unpaired) electrons. The van der Waals surface area contributed by atoms with Gasteiger partial charge in [0.2, 0.25) is 5.88 Å². The molecule has 6 rings (SSSR count). The number of pyridine rings is 1. The van der Waals surface area contributed by atoms with E-state index in [0.717, 1.165) is 53.1 Å². The van der Waals surface area contributed by atoms with Crippen LogP contribution in [0.3, 0.4) is 0 Å². The summed E-state index contributed by atoms with van der Waals surface area (Å²) in [6, 6.07) is 23.6. The molecule has 9 heteroatoms. The quantitative estimate of drug-likeness (QED) is 0.173. The predicted octanol–water partition coefficient (Wildman–Crippen LogP) is 7.03. The summed E-state index contributed by atoms with van der Waals surface area (Å²) in [4.78, 5) is 21.7. The van der Waals surface area contributed by atoms with Crippen LogP contribution in [0.2, 0.25) is 5.02 Å². The predicted molar refractivity (Wildman–Crippen MR) is 158 cm³/mol. The number of esters is 1. The monoisotopic (exact) mass is 585 g/mol. The van der Waals surface area contributed by atoms with Gasteiger partial charge in [-0.15, -0.1) is 0 Å². The number of carbonyl (C=O) groups excluding carboxylic acids is 1. The number of hydrogen-bond donors (Lipinski definition) is 0. The van der Waals surface area contributed by atoms with Crippen molar-refractivity contribution in [1.29, 1.82) is 0 Å². The van der Waals surface area contributed by atoms with Crippen LogP contribution in [0.4, 0.5) is 4.39 Å². The molecule has 3 heterocycles. The van der Waals surface area contributed by atoms with Crippen molar-refractivity contribution in [2.45, 2.75) is 38.5 Å². The highest BCUT2D eigenvalue weighted by Crippen LogP contribution is 2.26. The van der Waals surface area contributed by atoms with E-state index in [1.165, 1.54) is 13.2 Å². The Bertz CT molecular complexity index is 1730. The number of methoxy groups -OCH3 is 1. The van der Waals surface area contributed by atoms with E-state index in [4.69, 9.17) is 30.8 Å². The maximum Gasteiger partial charge on any atom is 0.337 e. The van der Waals surface area contributed by atoms with Crippen LogP contribution in [0, 0.1) is 5.82 Å². The molecule has 0 unspecified atom stereocenters. The highest BCUT2D eigenvalue weighted by Gasteiger charge is 2.21. The fourth-order valence-electron chi connectivity index (χ4n) is 5.17. The lowest BCUT2D eigenvalue weighted by atomic mass is 10.1. The van der Waals surface area contributed by atoms with E-state index in [2.05, 4.69) is 21.7 Å². The lowest BCUT2D eigenvalue weighted by molar-refractivity contribution is 0.0601. The standard InChI is InChI=1S/C33H29ClFN3O4/c1-40-33(39)23-12-14-29-30(17-23)38(19-26-4-3-15-41-26)31(36-29)16-21-7-9-22(10-8-21)28-5-2-6-32(37-28)42-20-24-11-13-25(34)18-27(24)35/h2,5-14,17-18,26H,3-4,15-16,19-20H2,1H3/t26-/m1/s1. The summed E-state index contributed by atoms with van der Waals surface area (Å²) in [5, 5.41) is 0.340. The first-order valence-electron chi connectivity index (χ1n) is 13.8. The molecule has 1 saturated heterocycles. The number of halogens is 2. The first kappa shape index (κ1) is 27.9. The topological polar surface area (TPSA) is 75.5 Å². The van der Waals surface area contributed by atoms with E-state index in [9.17, 15) is 9.18 Å². The number of ether oxygens (including phenoxy) is 3. The van der Waals surface area contributed by atoms with Crippen molar-refractivity contribution < 1.29 is 23.4 Å². The van der Waals surface area contributed by atoms with Gasteiger partial charge in [0.1, 0.15) is 18.2 Å². The third-order valence-corrected chi connectivity index (χ3v) is 7.62. The van der Waals surface area contributed by atoms with Gasteiger partial charge in [0.05, 0.1) is 42.0 Å². The first-order chi connectivity index (χ1) is 20.5. The van der Waals surface area contributed by atoms with E-state index < -0.39 is 5.82 Å². The number of rotatable bonds is 9. The van der Waals surface area contributed by atoms with Crippen molar-refractivity contribution in [2.75, 3.05) is 13.7 Å². The van der Waals surface area contributed by atoms with Crippen molar-refractivity contribution in [2.24, 2.45) is 0 Å². The number of fused-ring (bicyclic) bond motifs is 1. The SMILES string of the molecule is COC(=O)c1ccc2nc(Cc3ccc(-c4cccc(OCc5ccc(Cl)cc5F)n4)cc3)n(C[C@H]3CCCO3)c2c1. The van der Waals surface area contributed by atoms with Gasteiger partial charge >= 0.3 is 5.97 Å². The fourth-order valence-corrected chi connectivity index (χ4v) is 5.33. The van der Waals surface area contributed by atoms with Crippen molar-refractivity contribution in [1.82, 2.24) is 14.5 Å². The van der Waals surface area contributed by atoms with Crippen LogP contribution >= 0.6 is 11.6 Å². The largest absolute Gasteiger partial charge is 0.473 e. The number of imidazole rings is 1. The van der Waals surface area contributed by atoms with Crippen molar-refractivity contribution >= 4 is 28.6 Å². The van der Waals surface area contributed by atoms with E-state index >= 15 is 0 Å². The van der Waals surface area contributed by atoms with E-state index in [0.29, 0.717) is 35.0 Å². The Morgan fingerprint density at radius 3 is 2.69 bits per heavy atom. The van der Waals surface area contributed by atoms with Gasteiger partial charge in [-0.25, -0.2) is 19.2 Å². The highest BCUT2D eigenvalue weighted by atomic mass is 35.5. The highest BCUT2D eigenvalue weighted by molar-refractivity contribution is 6.30. The van der Waals surface area contributed by atoms with Gasteiger partial charge in [-0.05, 0) is 54.8 Å². The van der Waals surface area contributed by atoms with Crippen LogP contribution in [0.15, 0.2) is 78.9 Å². The Kier molecular flexibility index (Phi) is 8.17. The number of nitrogens with zero attached hydrogens (tertiary/aromatic N) is 3. The maximum atomic E-state index is 14.1. The van der Waals surface area contributed by atoms with E-state index in [1.54, 1.807) is 24.3 Å². The minimum absolute atomic E-state index is 0.0480. The van der Waals surface area contributed by atoms with Crippen molar-refractivity contribution in [3.05, 3.63) is 112 Å². The number of benzene rings is 3. The Hall–Kier alpha value is -4.27. The molecule has 1 aliphatic rings. The average Bonchev–Trinajstić information content (AvgIpc) is 3.64. The van der Waals surface area contributed by atoms with Crippen LogP contribution < -0.4 is 4.74 Å². The molecule has 1 aliphatic heterocycles. The molecule has 2 aromatic heterocycles. The molecule has 0 N–H and O–H groups in total. The Balaban J connectivity index is 1.21. The molecule has 0 bridgehead atoms. The van der Waals surface area contributed by atoms with Crippen LogP contribution in [0.25, 0.3) is 22.3 Å². The Morgan fingerprint density at radius 1 is 1.07 bits per heavy atom. The molecule has 5 aromatic rings. The summed E-state index contributed by atoms with van der Waals surface area (Å²) in [5.74, 6) is 0.514. The smallest absolute Gasteiger partial charge is 0.337 e. The first-order valence-corrected chi connectivity index (χ1v) is 14.2. The van der Waals surface area contributed by atoms with Crippen molar-refractivity contribution in [3.8, 4) is 17.1 Å². The van der Waals surface area contributed by atoms with Crippen LogP contribution in [-0.2, 0) is 29.0 Å². The average molecular weight is 586 g/mol. The summed E-state index contributed by atoms with van der Waals surface area (Å²) < 4.78 is 32.9. The Morgan fingerprint density at radius 2 is 1.93 bits per heavy atom. The van der Waals surface area contributed by atoms with Crippen molar-refractivity contribution in [3.63, 3.8) is 0 Å². The normalized spacial score (nSPS) is 14.8. The molecule has 0 aliphatic carbocycles. The zero-order valence-electron chi connectivity index (χ0n) is 23.1. The lowest BCUT2D eigenvalue weighted by Gasteiger charge is -2.15. The number of aromatic nitrogens is 3. The minimum Gasteiger partial charge on any atom is -0.473 e. The van der Waals surface area contributed by atoms with Gasteiger partial charge in [-0.3, -0.25) is 0 Å². The summed E-state index contributed by atoms with van der Waals surface area (Å²) in [6.07, 6.45) is 2.76. The summed E-state index contributed by atoms with van der Waals surface area (Å²) >= 11 is 5.84. The molecule has 7 nitrogen and oxygen atoms in total. The molecule has 0 saturated carbocycles. The zero-order chi connectivity index (χ0) is 29.1. The van der Waals surface area contributed by atoms with Crippen LogP contribution in [0.5, 0.6) is 5.88 Å². The molecular weight excluding hydrogens is 557 g/mol. The fraction of sp³-hybridized carbons (Fsp3) is 0.242. The van der Waals surface area contributed by atoms with Gasteiger partial charge in [-0.1, -0.05) is 48.0 Å². The minimum atomic E-state index is -0.414. The lowest BCUT2D eigenvalue weighted by Crippen LogP contribution is -2.17. The molecular formula is C33H29ClFN3O4. The molecule has 1 fully saturated rings. The third-order valence-electron chi connectivity index (χ3n) is 7.38. The summed E-state index contributed by atoms with van der Waals surface area (Å²) in [7, 11) is 1.38. The molecule has 3 aromatic carbocycles. The molecule has 0 amide bonds. The third kappa shape index (κ3) is 6.15. The molecule has 214 valence electrons. The maximum absolute atomic E-state index is 14.1. The van der Waals surface area contributed by atoms with Gasteiger partial charge in [0, 0.05) is 35.2 Å². The van der Waals surface area contributed by atoms with E-state index in [-0.39, 0.29) is 18.7 Å². The van der Waals surface area contributed by atoms with Gasteiger partial charge in [0.25, 0.3) is 0 Å². The van der Waals surface area contributed by atoms with Gasteiger partial charge < -0.3 is 18.8 Å². The van der Waals surface area contributed by atoms with Crippen LogP contribution in [-0.4, -0.2) is 40.3 Å². The number of hydrogen-bond acceptors (Lipinski definition) is 6. The van der Waals surface area contributed by atoms with Gasteiger partial charge in [0.15, 0.2) is 0 Å². The summed E-state index contributed by atoms with van der Waals surface area (Å²) in [6.45, 7) is 1.48. The number of carbonyl (C=O) groups is 1. The molecule has 0 spiro atoms. The Labute approximate surface area is 247 Å². The summed E-state index contributed by atoms with van der Waals surface area (Å²) in [5.41, 5.74) is 5.37. The second-order valence-corrected chi connectivity index (χ2v) is 10.7. The molecule has 42 heavy (non-hydrogen) atoms. The zero-order valence-corrected chi connectivity index (χ0v) is 23.8.